The molecule has 0 atom stereocenters. The molecule has 0 radical (unpaired) electrons. The fourth-order valence-electron chi connectivity index (χ4n) is 1.24. The van der Waals surface area contributed by atoms with Gasteiger partial charge < -0.3 is 0 Å². The number of carbonyl (C=O) groups is 1. The molecule has 1 aromatic rings. The molecule has 0 bridgehead atoms. The molecule has 0 amide bonds. The molecule has 1 aromatic carbocycles. The van der Waals surface area contributed by atoms with Crippen molar-refractivity contribution in [3.63, 3.8) is 0 Å². The van der Waals surface area contributed by atoms with Crippen LogP contribution in [0.3, 0.4) is 0 Å². The van der Waals surface area contributed by atoms with Gasteiger partial charge in [0.1, 0.15) is 10.1 Å². The second kappa shape index (κ2) is 5.48. The van der Waals surface area contributed by atoms with E-state index in [4.69, 9.17) is 23.2 Å². The first kappa shape index (κ1) is 13.0. The van der Waals surface area contributed by atoms with Gasteiger partial charge in [-0.05, 0) is 41.8 Å². The molecule has 2 nitrogen and oxygen atoms in total. The number of carbonyl (C=O) groups excluding carboxylic acids is 1. The van der Waals surface area contributed by atoms with E-state index in [9.17, 15) is 4.79 Å². The van der Waals surface area contributed by atoms with Crippen LogP contribution in [0.25, 0.3) is 6.08 Å². The summed E-state index contributed by atoms with van der Waals surface area (Å²) in [4.78, 5) is 15.8. The van der Waals surface area contributed by atoms with Crippen LogP contribution >= 0.6 is 46.7 Å². The normalized spacial score (nSPS) is 17.7. The lowest BCUT2D eigenvalue weighted by atomic mass is 10.2. The summed E-state index contributed by atoms with van der Waals surface area (Å²) in [5.74, 6) is 0. The molecule has 0 fully saturated rings. The van der Waals surface area contributed by atoms with Crippen LogP contribution in [0, 0.1) is 0 Å². The monoisotopic (exact) mass is 303 g/mol. The van der Waals surface area contributed by atoms with Gasteiger partial charge in [-0.15, -0.1) is 11.8 Å². The smallest absolute Gasteiger partial charge is 0.244 e. The Balaban J connectivity index is 2.33. The minimum atomic E-state index is -0.0413. The number of hydrogen-bond acceptors (Lipinski definition) is 4. The lowest BCUT2D eigenvalue weighted by molar-refractivity contribution is -0.107. The maximum atomic E-state index is 11.6. The summed E-state index contributed by atoms with van der Waals surface area (Å²) in [6.07, 6.45) is 3.60. The van der Waals surface area contributed by atoms with E-state index < -0.39 is 0 Å². The van der Waals surface area contributed by atoms with Crippen molar-refractivity contribution in [2.24, 2.45) is 4.99 Å². The first-order valence-electron chi connectivity index (χ1n) is 4.62. The molecule has 0 aromatic heterocycles. The minimum Gasteiger partial charge on any atom is -0.279 e. The fourth-order valence-corrected chi connectivity index (χ4v) is 2.81. The van der Waals surface area contributed by atoms with Crippen molar-refractivity contribution in [1.29, 1.82) is 0 Å². The predicted molar refractivity (Wildman–Crippen MR) is 78.0 cm³/mol. The van der Waals surface area contributed by atoms with E-state index in [0.717, 1.165) is 21.7 Å². The second-order valence-corrected chi connectivity index (χ2v) is 6.00. The molecule has 1 heterocycles. The Kier molecular flexibility index (Phi) is 4.20. The van der Waals surface area contributed by atoms with Crippen molar-refractivity contribution in [1.82, 2.24) is 0 Å². The van der Waals surface area contributed by atoms with Gasteiger partial charge in [0.2, 0.25) is 5.12 Å². The topological polar surface area (TPSA) is 29.4 Å². The van der Waals surface area contributed by atoms with E-state index in [1.165, 1.54) is 11.8 Å². The summed E-state index contributed by atoms with van der Waals surface area (Å²) < 4.78 is 0.765. The van der Waals surface area contributed by atoms with Gasteiger partial charge in [-0.2, -0.15) is 0 Å². The van der Waals surface area contributed by atoms with Crippen LogP contribution in [0.4, 0.5) is 0 Å². The molecule has 1 aliphatic heterocycles. The van der Waals surface area contributed by atoms with Crippen LogP contribution in [0.1, 0.15) is 5.56 Å². The summed E-state index contributed by atoms with van der Waals surface area (Å²) in [6.45, 7) is 0. The Morgan fingerprint density at radius 3 is 2.71 bits per heavy atom. The average Bonchev–Trinajstić information content (AvgIpc) is 2.65. The summed E-state index contributed by atoms with van der Waals surface area (Å²) in [6, 6.07) is 5.20. The molecule has 0 aliphatic carbocycles. The highest BCUT2D eigenvalue weighted by Gasteiger charge is 2.21. The molecular formula is C11H7Cl2NOS2. The second-order valence-electron chi connectivity index (χ2n) is 3.17. The number of nitrogens with zero attached hydrogens (tertiary/aromatic N) is 1. The molecule has 0 N–H and O–H groups in total. The first-order chi connectivity index (χ1) is 8.10. The van der Waals surface area contributed by atoms with Crippen LogP contribution in [0.2, 0.25) is 10.0 Å². The predicted octanol–water partition coefficient (Wildman–Crippen LogP) is 4.33. The lowest BCUT2D eigenvalue weighted by Gasteiger charge is -1.98. The van der Waals surface area contributed by atoms with Crippen molar-refractivity contribution >= 4 is 62.3 Å². The lowest BCUT2D eigenvalue weighted by Crippen LogP contribution is -1.87. The van der Waals surface area contributed by atoms with Crippen LogP contribution in [-0.2, 0) is 4.79 Å². The van der Waals surface area contributed by atoms with E-state index in [-0.39, 0.29) is 5.12 Å². The number of thioether (sulfide) groups is 2. The minimum absolute atomic E-state index is 0.0413. The number of benzene rings is 1. The maximum absolute atomic E-state index is 11.6. The molecule has 1 aliphatic rings. The number of hydrogen-bond donors (Lipinski definition) is 0. The highest BCUT2D eigenvalue weighted by Crippen LogP contribution is 2.30. The van der Waals surface area contributed by atoms with Gasteiger partial charge in [-0.1, -0.05) is 29.3 Å². The largest absolute Gasteiger partial charge is 0.279 e. The van der Waals surface area contributed by atoms with E-state index in [1.54, 1.807) is 24.3 Å². The summed E-state index contributed by atoms with van der Waals surface area (Å²) in [5, 5.41) is 0.919. The van der Waals surface area contributed by atoms with Gasteiger partial charge in [-0.25, -0.2) is 4.99 Å². The molecule has 0 saturated carbocycles. The van der Waals surface area contributed by atoms with Gasteiger partial charge in [-0.3, -0.25) is 4.79 Å². The SMILES string of the molecule is CSC1=NC(=Cc2ccc(Cl)c(Cl)c2)C(=O)S1. The molecular weight excluding hydrogens is 297 g/mol. The van der Waals surface area contributed by atoms with Crippen LogP contribution in [-0.4, -0.2) is 15.7 Å². The van der Waals surface area contributed by atoms with Gasteiger partial charge in [0.05, 0.1) is 10.0 Å². The zero-order valence-electron chi connectivity index (χ0n) is 8.74. The zero-order valence-corrected chi connectivity index (χ0v) is 11.9. The highest BCUT2D eigenvalue weighted by atomic mass is 35.5. The average molecular weight is 304 g/mol. The van der Waals surface area contributed by atoms with Crippen molar-refractivity contribution in [3.8, 4) is 0 Å². The number of rotatable bonds is 1. The van der Waals surface area contributed by atoms with Gasteiger partial charge in [0.15, 0.2) is 0 Å². The van der Waals surface area contributed by atoms with Gasteiger partial charge in [0, 0.05) is 0 Å². The van der Waals surface area contributed by atoms with E-state index in [1.807, 2.05) is 6.26 Å². The number of halogens is 2. The Bertz CT molecular complexity index is 540. The molecule has 0 spiro atoms. The summed E-state index contributed by atoms with van der Waals surface area (Å²) in [7, 11) is 0. The van der Waals surface area contributed by atoms with E-state index >= 15 is 0 Å². The maximum Gasteiger partial charge on any atom is 0.244 e. The molecule has 0 unspecified atom stereocenters. The standard InChI is InChI=1S/C11H7Cl2NOS2/c1-16-11-14-9(10(15)17-11)5-6-2-3-7(12)8(13)4-6/h2-5H,1H3. The third kappa shape index (κ3) is 3.07. The van der Waals surface area contributed by atoms with Crippen molar-refractivity contribution in [2.75, 3.05) is 6.26 Å². The van der Waals surface area contributed by atoms with Crippen molar-refractivity contribution in [3.05, 3.63) is 39.5 Å². The molecule has 0 saturated heterocycles. The zero-order chi connectivity index (χ0) is 12.4. The van der Waals surface area contributed by atoms with Crippen LogP contribution in [0.15, 0.2) is 28.9 Å². The Morgan fingerprint density at radius 2 is 2.12 bits per heavy atom. The molecule has 6 heteroatoms. The Morgan fingerprint density at radius 1 is 1.35 bits per heavy atom. The summed E-state index contributed by atoms with van der Waals surface area (Å²) >= 11 is 14.3. The van der Waals surface area contributed by atoms with Gasteiger partial charge in [0.25, 0.3) is 0 Å². The molecule has 2 rings (SSSR count). The fraction of sp³-hybridized carbons (Fsp3) is 0.0909. The first-order valence-corrected chi connectivity index (χ1v) is 7.41. The molecule has 88 valence electrons. The Hall–Kier alpha value is -0.420. The van der Waals surface area contributed by atoms with Crippen molar-refractivity contribution < 1.29 is 4.79 Å². The Labute approximate surface area is 117 Å². The van der Waals surface area contributed by atoms with Crippen molar-refractivity contribution in [2.45, 2.75) is 0 Å². The third-order valence-corrected chi connectivity index (χ3v) is 4.61. The van der Waals surface area contributed by atoms with E-state index in [0.29, 0.717) is 15.7 Å². The highest BCUT2D eigenvalue weighted by molar-refractivity contribution is 8.45. The van der Waals surface area contributed by atoms with E-state index in [2.05, 4.69) is 4.99 Å². The van der Waals surface area contributed by atoms with Gasteiger partial charge >= 0.3 is 0 Å². The third-order valence-electron chi connectivity index (χ3n) is 2.02. The summed E-state index contributed by atoms with van der Waals surface area (Å²) in [5.41, 5.74) is 1.26. The van der Waals surface area contributed by atoms with Crippen LogP contribution < -0.4 is 0 Å². The molecule has 17 heavy (non-hydrogen) atoms. The van der Waals surface area contributed by atoms with Crippen LogP contribution in [0.5, 0.6) is 0 Å². The quantitative estimate of drug-likeness (QED) is 0.723. The number of aliphatic imine (C=N–C) groups is 1.